The maximum atomic E-state index is 12.8. The van der Waals surface area contributed by atoms with Gasteiger partial charge in [-0.1, -0.05) is 0 Å². The molecular formula is C16H12N4O2S. The second-order valence-electron chi connectivity index (χ2n) is 5.49. The first kappa shape index (κ1) is 14.0. The zero-order chi connectivity index (χ0) is 16.1. The van der Waals surface area contributed by atoms with E-state index < -0.39 is 0 Å². The van der Waals surface area contributed by atoms with Crippen molar-refractivity contribution in [2.24, 2.45) is 0 Å². The number of pyridine rings is 1. The number of carbonyl (C=O) groups is 2. The van der Waals surface area contributed by atoms with E-state index in [0.717, 1.165) is 16.3 Å². The van der Waals surface area contributed by atoms with Crippen LogP contribution in [0.3, 0.4) is 0 Å². The third-order valence-electron chi connectivity index (χ3n) is 3.75. The lowest BCUT2D eigenvalue weighted by atomic mass is 9.93. The fourth-order valence-electron chi connectivity index (χ4n) is 2.72. The van der Waals surface area contributed by atoms with E-state index in [2.05, 4.69) is 15.0 Å². The molecule has 0 saturated carbocycles. The number of aromatic nitrogens is 4. The van der Waals surface area contributed by atoms with Crippen molar-refractivity contribution in [1.29, 1.82) is 0 Å². The molecule has 7 heteroatoms. The highest BCUT2D eigenvalue weighted by atomic mass is 32.1. The minimum atomic E-state index is -0.303. The summed E-state index contributed by atoms with van der Waals surface area (Å²) in [4.78, 5) is 38.0. The molecule has 0 aliphatic heterocycles. The molecule has 0 radical (unpaired) electrons. The summed E-state index contributed by atoms with van der Waals surface area (Å²) in [6, 6.07) is 1.70. The molecule has 0 atom stereocenters. The minimum absolute atomic E-state index is 0.172. The number of thiazole rings is 1. The highest BCUT2D eigenvalue weighted by Crippen LogP contribution is 2.26. The quantitative estimate of drug-likeness (QED) is 0.565. The molecule has 0 aromatic carbocycles. The molecule has 0 N–H and O–H groups in total. The van der Waals surface area contributed by atoms with Crippen LogP contribution in [-0.4, -0.2) is 31.1 Å². The second kappa shape index (κ2) is 4.92. The van der Waals surface area contributed by atoms with Gasteiger partial charge in [0.25, 0.3) is 0 Å². The van der Waals surface area contributed by atoms with Gasteiger partial charge in [-0.05, 0) is 25.5 Å². The van der Waals surface area contributed by atoms with Gasteiger partial charge in [0, 0.05) is 11.6 Å². The molecule has 0 saturated heterocycles. The third-order valence-corrected chi connectivity index (χ3v) is 4.57. The van der Waals surface area contributed by atoms with Crippen molar-refractivity contribution in [1.82, 2.24) is 19.5 Å². The molecule has 3 aromatic heterocycles. The summed E-state index contributed by atoms with van der Waals surface area (Å²) < 4.78 is 1.69. The Bertz CT molecular complexity index is 970. The van der Waals surface area contributed by atoms with Crippen LogP contribution >= 0.6 is 11.3 Å². The predicted molar refractivity (Wildman–Crippen MR) is 84.0 cm³/mol. The lowest BCUT2D eigenvalue weighted by Crippen LogP contribution is -2.24. The van der Waals surface area contributed by atoms with E-state index in [9.17, 15) is 9.59 Å². The molecule has 6 nitrogen and oxygen atoms in total. The Morgan fingerprint density at radius 2 is 1.96 bits per heavy atom. The van der Waals surface area contributed by atoms with E-state index in [-0.39, 0.29) is 23.0 Å². The molecule has 1 aliphatic carbocycles. The number of rotatable bonds is 2. The molecule has 23 heavy (non-hydrogen) atoms. The SMILES string of the molecule is Cc1cnc2c(c1)C(=O)c1c(ncn1Cc1csc(C)n1)C2=O. The Morgan fingerprint density at radius 3 is 2.70 bits per heavy atom. The summed E-state index contributed by atoms with van der Waals surface area (Å²) in [6.07, 6.45) is 3.11. The second-order valence-corrected chi connectivity index (χ2v) is 6.56. The molecule has 0 unspecified atom stereocenters. The van der Waals surface area contributed by atoms with Crippen molar-refractivity contribution >= 4 is 22.9 Å². The average Bonchev–Trinajstić information content (AvgIpc) is 3.12. The number of nitrogens with zero attached hydrogens (tertiary/aromatic N) is 4. The molecular weight excluding hydrogens is 312 g/mol. The van der Waals surface area contributed by atoms with Crippen LogP contribution in [0.15, 0.2) is 24.0 Å². The Balaban J connectivity index is 1.82. The molecule has 1 aliphatic rings. The summed E-state index contributed by atoms with van der Waals surface area (Å²) in [5.41, 5.74) is 2.71. The molecule has 0 bridgehead atoms. The Labute approximate surface area is 135 Å². The van der Waals surface area contributed by atoms with Gasteiger partial charge in [-0.25, -0.2) is 9.97 Å². The highest BCUT2D eigenvalue weighted by Gasteiger charge is 2.35. The van der Waals surface area contributed by atoms with Crippen molar-refractivity contribution in [3.8, 4) is 0 Å². The van der Waals surface area contributed by atoms with Crippen molar-refractivity contribution in [3.63, 3.8) is 0 Å². The van der Waals surface area contributed by atoms with Crippen LogP contribution in [0.25, 0.3) is 0 Å². The van der Waals surface area contributed by atoms with Gasteiger partial charge >= 0.3 is 0 Å². The van der Waals surface area contributed by atoms with Gasteiger partial charge in [0.15, 0.2) is 0 Å². The van der Waals surface area contributed by atoms with E-state index in [4.69, 9.17) is 0 Å². The van der Waals surface area contributed by atoms with Crippen LogP contribution in [0.5, 0.6) is 0 Å². The van der Waals surface area contributed by atoms with Crippen LogP contribution < -0.4 is 0 Å². The van der Waals surface area contributed by atoms with Gasteiger partial charge in [0.1, 0.15) is 17.1 Å². The fourth-order valence-corrected chi connectivity index (χ4v) is 3.33. The number of aryl methyl sites for hydroxylation is 2. The molecule has 0 amide bonds. The highest BCUT2D eigenvalue weighted by molar-refractivity contribution is 7.09. The summed E-state index contributed by atoms with van der Waals surface area (Å²) >= 11 is 1.55. The Morgan fingerprint density at radius 1 is 1.13 bits per heavy atom. The lowest BCUT2D eigenvalue weighted by Gasteiger charge is -2.15. The summed E-state index contributed by atoms with van der Waals surface area (Å²) in [5.74, 6) is -0.516. The van der Waals surface area contributed by atoms with E-state index in [0.29, 0.717) is 17.8 Å². The molecule has 3 aromatic rings. The first-order valence-corrected chi connectivity index (χ1v) is 7.94. The van der Waals surface area contributed by atoms with E-state index in [1.807, 2.05) is 19.2 Å². The molecule has 0 fully saturated rings. The van der Waals surface area contributed by atoms with Gasteiger partial charge in [-0.15, -0.1) is 11.3 Å². The number of carbonyl (C=O) groups excluding carboxylic acids is 2. The van der Waals surface area contributed by atoms with Crippen LogP contribution in [0.4, 0.5) is 0 Å². The Kier molecular flexibility index (Phi) is 2.99. The lowest BCUT2D eigenvalue weighted by molar-refractivity contribution is 0.0967. The van der Waals surface area contributed by atoms with Gasteiger partial charge in [-0.3, -0.25) is 14.6 Å². The van der Waals surface area contributed by atoms with Crippen LogP contribution in [-0.2, 0) is 6.54 Å². The first-order chi connectivity index (χ1) is 11.0. The summed E-state index contributed by atoms with van der Waals surface area (Å²) in [5, 5.41) is 2.90. The van der Waals surface area contributed by atoms with E-state index in [1.54, 1.807) is 28.2 Å². The van der Waals surface area contributed by atoms with Crippen LogP contribution in [0.2, 0.25) is 0 Å². The molecule has 4 rings (SSSR count). The standard InChI is InChI=1S/C16H12N4O2S/c1-8-3-11-12(17-4-8)16(22)13-14(15(11)21)20(7-18-13)5-10-6-23-9(2)19-10/h3-4,6-7H,5H2,1-2H3. The first-order valence-electron chi connectivity index (χ1n) is 7.07. The molecule has 0 spiro atoms. The number of hydrogen-bond acceptors (Lipinski definition) is 6. The topological polar surface area (TPSA) is 77.7 Å². The van der Waals surface area contributed by atoms with E-state index >= 15 is 0 Å². The predicted octanol–water partition coefficient (Wildman–Crippen LogP) is 2.18. The van der Waals surface area contributed by atoms with Crippen molar-refractivity contribution < 1.29 is 9.59 Å². The van der Waals surface area contributed by atoms with E-state index in [1.165, 1.54) is 6.33 Å². The average molecular weight is 324 g/mol. The maximum absolute atomic E-state index is 12.8. The third kappa shape index (κ3) is 2.12. The molecule has 114 valence electrons. The van der Waals surface area contributed by atoms with Gasteiger partial charge < -0.3 is 4.57 Å². The van der Waals surface area contributed by atoms with Crippen molar-refractivity contribution in [2.45, 2.75) is 20.4 Å². The number of hydrogen-bond donors (Lipinski definition) is 0. The zero-order valence-electron chi connectivity index (χ0n) is 12.5. The monoisotopic (exact) mass is 324 g/mol. The fraction of sp³-hybridized carbons (Fsp3) is 0.188. The van der Waals surface area contributed by atoms with Crippen LogP contribution in [0, 0.1) is 13.8 Å². The number of imidazole rings is 1. The maximum Gasteiger partial charge on any atom is 0.232 e. The smallest absolute Gasteiger partial charge is 0.232 e. The summed E-state index contributed by atoms with van der Waals surface area (Å²) in [6.45, 7) is 4.19. The number of fused-ring (bicyclic) bond motifs is 2. The molecule has 3 heterocycles. The van der Waals surface area contributed by atoms with Crippen LogP contribution in [0.1, 0.15) is 48.5 Å². The number of ketones is 2. The minimum Gasteiger partial charge on any atom is -0.321 e. The normalized spacial score (nSPS) is 13.1. The summed E-state index contributed by atoms with van der Waals surface area (Å²) in [7, 11) is 0. The van der Waals surface area contributed by atoms with Crippen molar-refractivity contribution in [2.75, 3.05) is 0 Å². The van der Waals surface area contributed by atoms with Crippen molar-refractivity contribution in [3.05, 3.63) is 62.9 Å². The largest absolute Gasteiger partial charge is 0.321 e. The van der Waals surface area contributed by atoms with Gasteiger partial charge in [-0.2, -0.15) is 0 Å². The zero-order valence-corrected chi connectivity index (χ0v) is 13.3. The van der Waals surface area contributed by atoms with Gasteiger partial charge in [0.2, 0.25) is 11.6 Å². The Hall–Kier alpha value is -2.67. The van der Waals surface area contributed by atoms with Gasteiger partial charge in [0.05, 0.1) is 29.1 Å².